The first kappa shape index (κ1) is 20.8. The number of hydrogen-bond acceptors (Lipinski definition) is 5. The van der Waals surface area contributed by atoms with Gasteiger partial charge in [0.15, 0.2) is 0 Å². The smallest absolute Gasteiger partial charge is 0.224 e. The van der Waals surface area contributed by atoms with Gasteiger partial charge in [0.1, 0.15) is 5.75 Å². The lowest BCUT2D eigenvalue weighted by atomic mass is 10.1. The number of ether oxygens (including phenoxy) is 1. The van der Waals surface area contributed by atoms with Gasteiger partial charge < -0.3 is 25.0 Å². The topological polar surface area (TPSA) is 65.0 Å². The predicted molar refractivity (Wildman–Crippen MR) is 98.6 cm³/mol. The summed E-state index contributed by atoms with van der Waals surface area (Å²) >= 11 is 0. The molecule has 2 heterocycles. The molecule has 6 nitrogen and oxygen atoms in total. The zero-order valence-electron chi connectivity index (χ0n) is 13.5. The standard InChI is InChI=1S/C16H23N3O3.2ClH/c20-15-3-1-14(2-4-15)18-6-8-19(9-7-18)16(21)11-13-12-22-10-5-17-13;;/h1-4,13,17,20H,5-12H2;2*1H. The van der Waals surface area contributed by atoms with Crippen molar-refractivity contribution in [2.75, 3.05) is 50.8 Å². The van der Waals surface area contributed by atoms with Crippen LogP contribution >= 0.6 is 24.8 Å². The van der Waals surface area contributed by atoms with Crippen LogP contribution < -0.4 is 10.2 Å². The molecule has 2 aliphatic rings. The second-order valence-corrected chi connectivity index (χ2v) is 5.81. The maximum atomic E-state index is 12.3. The molecule has 0 aromatic heterocycles. The number of nitrogens with one attached hydrogen (secondary N) is 1. The Kier molecular flexibility index (Phi) is 8.62. The quantitative estimate of drug-likeness (QED) is 0.829. The van der Waals surface area contributed by atoms with Crippen LogP contribution in [0.5, 0.6) is 5.75 Å². The first-order valence-electron chi connectivity index (χ1n) is 7.85. The van der Waals surface area contributed by atoms with E-state index in [0.717, 1.165) is 45.0 Å². The Labute approximate surface area is 155 Å². The van der Waals surface area contributed by atoms with Gasteiger partial charge in [-0.3, -0.25) is 4.79 Å². The molecule has 2 N–H and O–H groups in total. The second kappa shape index (κ2) is 9.93. The molecular weight excluding hydrogens is 353 g/mol. The lowest BCUT2D eigenvalue weighted by molar-refractivity contribution is -0.132. The van der Waals surface area contributed by atoms with E-state index in [-0.39, 0.29) is 42.5 Å². The van der Waals surface area contributed by atoms with Crippen LogP contribution in [0.2, 0.25) is 0 Å². The van der Waals surface area contributed by atoms with Crippen LogP contribution in [0.4, 0.5) is 5.69 Å². The average molecular weight is 378 g/mol. The van der Waals surface area contributed by atoms with Crippen molar-refractivity contribution in [1.82, 2.24) is 10.2 Å². The summed E-state index contributed by atoms with van der Waals surface area (Å²) in [6, 6.07) is 7.37. The Hall–Kier alpha value is -1.21. The fourth-order valence-electron chi connectivity index (χ4n) is 2.97. The Balaban J connectivity index is 0.00000144. The van der Waals surface area contributed by atoms with Crippen molar-refractivity contribution >= 4 is 36.4 Å². The van der Waals surface area contributed by atoms with E-state index in [4.69, 9.17) is 4.74 Å². The van der Waals surface area contributed by atoms with Crippen molar-refractivity contribution in [3.63, 3.8) is 0 Å². The van der Waals surface area contributed by atoms with Gasteiger partial charge in [0.25, 0.3) is 0 Å². The highest BCUT2D eigenvalue weighted by atomic mass is 35.5. The number of hydrogen-bond donors (Lipinski definition) is 2. The monoisotopic (exact) mass is 377 g/mol. The van der Waals surface area contributed by atoms with Crippen LogP contribution in [0, 0.1) is 0 Å². The number of rotatable bonds is 3. The van der Waals surface area contributed by atoms with E-state index in [1.54, 1.807) is 12.1 Å². The molecule has 0 saturated carbocycles. The number of nitrogens with zero attached hydrogens (tertiary/aromatic N) is 2. The van der Waals surface area contributed by atoms with E-state index < -0.39 is 0 Å². The van der Waals surface area contributed by atoms with E-state index in [2.05, 4.69) is 10.2 Å². The first-order valence-corrected chi connectivity index (χ1v) is 7.85. The Morgan fingerprint density at radius 1 is 1.17 bits per heavy atom. The van der Waals surface area contributed by atoms with Gasteiger partial charge in [-0.25, -0.2) is 0 Å². The Morgan fingerprint density at radius 3 is 2.42 bits per heavy atom. The molecule has 8 heteroatoms. The average Bonchev–Trinajstić information content (AvgIpc) is 2.57. The maximum Gasteiger partial charge on any atom is 0.224 e. The third-order valence-electron chi connectivity index (χ3n) is 4.27. The second-order valence-electron chi connectivity index (χ2n) is 5.81. The number of anilines is 1. The number of phenolic OH excluding ortho intramolecular Hbond substituents is 1. The van der Waals surface area contributed by atoms with Gasteiger partial charge in [0.05, 0.1) is 13.2 Å². The van der Waals surface area contributed by atoms with Crippen LogP contribution in [0.3, 0.4) is 0 Å². The molecule has 2 aliphatic heterocycles. The fourth-order valence-corrected chi connectivity index (χ4v) is 2.97. The SMILES string of the molecule is Cl.Cl.O=C(CC1COCCN1)N1CCN(c2ccc(O)cc2)CC1. The summed E-state index contributed by atoms with van der Waals surface area (Å²) in [4.78, 5) is 16.5. The molecule has 2 fully saturated rings. The number of morpholine rings is 1. The lowest BCUT2D eigenvalue weighted by Crippen LogP contribution is -2.51. The van der Waals surface area contributed by atoms with E-state index in [9.17, 15) is 9.90 Å². The van der Waals surface area contributed by atoms with Gasteiger partial charge in [-0.1, -0.05) is 0 Å². The molecule has 1 amide bonds. The van der Waals surface area contributed by atoms with Gasteiger partial charge in [0, 0.05) is 50.9 Å². The number of carbonyl (C=O) groups is 1. The maximum absolute atomic E-state index is 12.3. The van der Waals surface area contributed by atoms with Crippen molar-refractivity contribution in [2.45, 2.75) is 12.5 Å². The van der Waals surface area contributed by atoms with Crippen LogP contribution in [-0.4, -0.2) is 67.9 Å². The Morgan fingerprint density at radius 2 is 1.83 bits per heavy atom. The minimum atomic E-state index is 0. The van der Waals surface area contributed by atoms with Gasteiger partial charge in [-0.15, -0.1) is 24.8 Å². The zero-order valence-corrected chi connectivity index (χ0v) is 15.2. The molecule has 1 aromatic rings. The van der Waals surface area contributed by atoms with Crippen molar-refractivity contribution in [2.24, 2.45) is 0 Å². The number of benzene rings is 1. The number of amides is 1. The van der Waals surface area contributed by atoms with Crippen LogP contribution in [-0.2, 0) is 9.53 Å². The Bertz CT molecular complexity index is 502. The fraction of sp³-hybridized carbons (Fsp3) is 0.562. The van der Waals surface area contributed by atoms with E-state index in [1.807, 2.05) is 17.0 Å². The molecule has 1 aromatic carbocycles. The predicted octanol–water partition coefficient (Wildman–Crippen LogP) is 1.26. The third-order valence-corrected chi connectivity index (χ3v) is 4.27. The summed E-state index contributed by atoms with van der Waals surface area (Å²) in [5, 5.41) is 12.7. The summed E-state index contributed by atoms with van der Waals surface area (Å²) in [7, 11) is 0. The van der Waals surface area contributed by atoms with Crippen molar-refractivity contribution < 1.29 is 14.6 Å². The molecule has 0 bridgehead atoms. The molecule has 1 unspecified atom stereocenters. The van der Waals surface area contributed by atoms with E-state index >= 15 is 0 Å². The van der Waals surface area contributed by atoms with Crippen LogP contribution in [0.1, 0.15) is 6.42 Å². The number of carbonyl (C=O) groups excluding carboxylic acids is 1. The van der Waals surface area contributed by atoms with Crippen LogP contribution in [0.25, 0.3) is 0 Å². The number of phenols is 1. The third kappa shape index (κ3) is 5.41. The molecule has 1 atom stereocenters. The van der Waals surface area contributed by atoms with Crippen molar-refractivity contribution in [3.05, 3.63) is 24.3 Å². The highest BCUT2D eigenvalue weighted by Gasteiger charge is 2.24. The van der Waals surface area contributed by atoms with Crippen molar-refractivity contribution in [3.8, 4) is 5.75 Å². The summed E-state index contributed by atoms with van der Waals surface area (Å²) in [6.45, 7) is 5.32. The summed E-state index contributed by atoms with van der Waals surface area (Å²) in [5.74, 6) is 0.480. The largest absolute Gasteiger partial charge is 0.508 e. The molecule has 0 aliphatic carbocycles. The molecule has 0 spiro atoms. The normalized spacial score (nSPS) is 20.8. The van der Waals surface area contributed by atoms with Gasteiger partial charge >= 0.3 is 0 Å². The minimum Gasteiger partial charge on any atom is -0.508 e. The van der Waals surface area contributed by atoms with Gasteiger partial charge in [-0.2, -0.15) is 0 Å². The van der Waals surface area contributed by atoms with Crippen LogP contribution in [0.15, 0.2) is 24.3 Å². The molecular formula is C16H25Cl2N3O3. The molecule has 2 saturated heterocycles. The highest BCUT2D eigenvalue weighted by molar-refractivity contribution is 5.85. The molecule has 24 heavy (non-hydrogen) atoms. The number of halogens is 2. The van der Waals surface area contributed by atoms with E-state index in [1.165, 1.54) is 0 Å². The summed E-state index contributed by atoms with van der Waals surface area (Å²) in [5.41, 5.74) is 1.09. The van der Waals surface area contributed by atoms with E-state index in [0.29, 0.717) is 13.0 Å². The highest BCUT2D eigenvalue weighted by Crippen LogP contribution is 2.20. The lowest BCUT2D eigenvalue weighted by Gasteiger charge is -2.37. The number of aromatic hydroxyl groups is 1. The number of piperazine rings is 1. The minimum absolute atomic E-state index is 0. The van der Waals surface area contributed by atoms with Gasteiger partial charge in [0.2, 0.25) is 5.91 Å². The van der Waals surface area contributed by atoms with Gasteiger partial charge in [-0.05, 0) is 24.3 Å². The summed E-state index contributed by atoms with van der Waals surface area (Å²) in [6.07, 6.45) is 0.513. The van der Waals surface area contributed by atoms with Crippen molar-refractivity contribution in [1.29, 1.82) is 0 Å². The molecule has 0 radical (unpaired) electrons. The molecule has 3 rings (SSSR count). The molecule has 136 valence electrons. The zero-order chi connectivity index (χ0) is 15.4. The first-order chi connectivity index (χ1) is 10.7. The summed E-state index contributed by atoms with van der Waals surface area (Å²) < 4.78 is 5.39.